The van der Waals surface area contributed by atoms with Gasteiger partial charge in [-0.15, -0.1) is 0 Å². The van der Waals surface area contributed by atoms with Crippen LogP contribution in [0, 0.1) is 11.6 Å². The van der Waals surface area contributed by atoms with Crippen LogP contribution in [0.4, 0.5) is 26.2 Å². The lowest BCUT2D eigenvalue weighted by Gasteiger charge is -2.07. The second kappa shape index (κ2) is 7.78. The zero-order valence-electron chi connectivity index (χ0n) is 15.6. The summed E-state index contributed by atoms with van der Waals surface area (Å²) in [6, 6.07) is 6.39. The summed E-state index contributed by atoms with van der Waals surface area (Å²) < 4.78 is 37.8. The molecule has 0 amide bonds. The fourth-order valence-electron chi connectivity index (χ4n) is 2.91. The maximum Gasteiger partial charge on any atom is 0.347 e. The molecule has 0 spiro atoms. The van der Waals surface area contributed by atoms with E-state index >= 15 is 0 Å². The van der Waals surface area contributed by atoms with Gasteiger partial charge in [-0.25, -0.2) is 23.6 Å². The molecule has 152 valence electrons. The summed E-state index contributed by atoms with van der Waals surface area (Å²) >= 11 is 0. The number of aromatic nitrogens is 1. The standard InChI is InChI=1S/C21H15F2N3O4/c1-2-29-21(28)17-18(27)16(8-11-10-25-19-13(11)4-3-7-24-19)30-20(17)26-15-6-5-12(22)9-14(15)23/h3-10,26-27H,2H2,1H3. The van der Waals surface area contributed by atoms with E-state index in [0.29, 0.717) is 23.0 Å². The average molecular weight is 411 g/mol. The first kappa shape index (κ1) is 19.3. The lowest BCUT2D eigenvalue weighted by Crippen LogP contribution is -2.06. The number of allylic oxidation sites excluding steroid dienone is 1. The zero-order valence-corrected chi connectivity index (χ0v) is 15.6. The monoisotopic (exact) mass is 411 g/mol. The van der Waals surface area contributed by atoms with E-state index in [1.165, 1.54) is 12.3 Å². The van der Waals surface area contributed by atoms with E-state index in [1.807, 2.05) is 0 Å². The number of halogens is 2. The number of furan rings is 1. The van der Waals surface area contributed by atoms with Gasteiger partial charge >= 0.3 is 5.97 Å². The SMILES string of the molecule is CCOC(=O)c1c(Nc2ccc(F)cc2F)oc(C=C2C=Nc3ncccc32)c1O. The van der Waals surface area contributed by atoms with Gasteiger partial charge < -0.3 is 19.6 Å². The van der Waals surface area contributed by atoms with Gasteiger partial charge in [0.05, 0.1) is 12.3 Å². The molecular weight excluding hydrogens is 396 g/mol. The third kappa shape index (κ3) is 3.52. The fraction of sp³-hybridized carbons (Fsp3) is 0.0952. The topological polar surface area (TPSA) is 97.0 Å². The van der Waals surface area contributed by atoms with Gasteiger partial charge in [-0.05, 0) is 37.3 Å². The average Bonchev–Trinajstić information content (AvgIpc) is 3.26. The highest BCUT2D eigenvalue weighted by Crippen LogP contribution is 2.39. The van der Waals surface area contributed by atoms with Crippen LogP contribution in [0.5, 0.6) is 5.75 Å². The Morgan fingerprint density at radius 3 is 2.93 bits per heavy atom. The van der Waals surface area contributed by atoms with E-state index in [9.17, 15) is 18.7 Å². The summed E-state index contributed by atoms with van der Waals surface area (Å²) in [5.41, 5.74) is 0.850. The Morgan fingerprint density at radius 1 is 1.33 bits per heavy atom. The first-order valence-corrected chi connectivity index (χ1v) is 8.94. The van der Waals surface area contributed by atoms with Crippen molar-refractivity contribution in [2.24, 2.45) is 4.99 Å². The molecule has 0 fully saturated rings. The lowest BCUT2D eigenvalue weighted by atomic mass is 10.1. The maximum absolute atomic E-state index is 14.1. The fourth-order valence-corrected chi connectivity index (χ4v) is 2.91. The molecule has 0 atom stereocenters. The first-order valence-electron chi connectivity index (χ1n) is 8.94. The van der Waals surface area contributed by atoms with E-state index < -0.39 is 23.4 Å². The molecule has 1 aliphatic rings. The van der Waals surface area contributed by atoms with Gasteiger partial charge in [0.15, 0.2) is 22.9 Å². The molecule has 0 saturated carbocycles. The smallest absolute Gasteiger partial charge is 0.347 e. The second-order valence-electron chi connectivity index (χ2n) is 6.22. The Kier molecular flexibility index (Phi) is 5.01. The number of ether oxygens (including phenoxy) is 1. The molecular formula is C21H15F2N3O4. The Bertz CT molecular complexity index is 1200. The zero-order chi connectivity index (χ0) is 21.3. The molecule has 3 aromatic rings. The van der Waals surface area contributed by atoms with Crippen molar-refractivity contribution in [3.05, 3.63) is 65.1 Å². The summed E-state index contributed by atoms with van der Waals surface area (Å²) in [4.78, 5) is 20.7. The number of rotatable bonds is 5. The number of pyridine rings is 1. The Balaban J connectivity index is 1.78. The number of esters is 1. The highest BCUT2D eigenvalue weighted by Gasteiger charge is 2.27. The molecule has 7 nitrogen and oxygen atoms in total. The number of carbonyl (C=O) groups is 1. The number of nitrogens with zero attached hydrogens (tertiary/aromatic N) is 2. The highest BCUT2D eigenvalue weighted by atomic mass is 19.1. The van der Waals surface area contributed by atoms with Gasteiger partial charge in [-0.1, -0.05) is 0 Å². The van der Waals surface area contributed by atoms with Crippen LogP contribution in [0.25, 0.3) is 11.6 Å². The summed E-state index contributed by atoms with van der Waals surface area (Å²) in [6.07, 6.45) is 4.61. The molecule has 2 aromatic heterocycles. The van der Waals surface area contributed by atoms with Gasteiger partial charge in [0.1, 0.15) is 11.6 Å². The quantitative estimate of drug-likeness (QED) is 0.584. The molecule has 9 heteroatoms. The van der Waals surface area contributed by atoms with Crippen molar-refractivity contribution < 1.29 is 27.8 Å². The minimum Gasteiger partial charge on any atom is -0.504 e. The van der Waals surface area contributed by atoms with Gasteiger partial charge in [-0.2, -0.15) is 0 Å². The number of aliphatic imine (C=N–C) groups is 1. The second-order valence-corrected chi connectivity index (χ2v) is 6.22. The van der Waals surface area contributed by atoms with E-state index in [1.54, 1.807) is 25.3 Å². The van der Waals surface area contributed by atoms with Crippen LogP contribution in [-0.2, 0) is 4.74 Å². The number of nitrogens with one attached hydrogen (secondary N) is 1. The molecule has 0 saturated heterocycles. The summed E-state index contributed by atoms with van der Waals surface area (Å²) in [5, 5.41) is 13.2. The van der Waals surface area contributed by atoms with Crippen molar-refractivity contribution in [2.45, 2.75) is 6.92 Å². The van der Waals surface area contributed by atoms with Crippen molar-refractivity contribution in [3.63, 3.8) is 0 Å². The molecule has 3 heterocycles. The van der Waals surface area contributed by atoms with Crippen molar-refractivity contribution in [2.75, 3.05) is 11.9 Å². The van der Waals surface area contributed by atoms with Crippen LogP contribution < -0.4 is 5.32 Å². The lowest BCUT2D eigenvalue weighted by molar-refractivity contribution is 0.0524. The third-order valence-electron chi connectivity index (χ3n) is 4.28. The van der Waals surface area contributed by atoms with E-state index in [0.717, 1.165) is 12.1 Å². The molecule has 4 rings (SSSR count). The Hall–Kier alpha value is -4.01. The largest absolute Gasteiger partial charge is 0.504 e. The maximum atomic E-state index is 14.1. The van der Waals surface area contributed by atoms with Gasteiger partial charge in [0.2, 0.25) is 5.88 Å². The van der Waals surface area contributed by atoms with Crippen LogP contribution >= 0.6 is 0 Å². The van der Waals surface area contributed by atoms with Gasteiger partial charge in [-0.3, -0.25) is 0 Å². The minimum atomic E-state index is -0.900. The number of carbonyl (C=O) groups excluding carboxylic acids is 1. The first-order chi connectivity index (χ1) is 14.5. The molecule has 0 bridgehead atoms. The molecule has 0 aliphatic carbocycles. The van der Waals surface area contributed by atoms with Gasteiger partial charge in [0, 0.05) is 29.6 Å². The number of hydrogen-bond acceptors (Lipinski definition) is 7. The molecule has 2 N–H and O–H groups in total. The summed E-state index contributed by atoms with van der Waals surface area (Å²) in [7, 11) is 0. The molecule has 0 radical (unpaired) electrons. The molecule has 1 aliphatic heterocycles. The van der Waals surface area contributed by atoms with Crippen LogP contribution in [0.3, 0.4) is 0 Å². The number of hydrogen-bond donors (Lipinski definition) is 2. The van der Waals surface area contributed by atoms with Crippen LogP contribution in [0.2, 0.25) is 0 Å². The molecule has 30 heavy (non-hydrogen) atoms. The van der Waals surface area contributed by atoms with Crippen LogP contribution in [-0.4, -0.2) is 28.9 Å². The van der Waals surface area contributed by atoms with Crippen molar-refractivity contribution in [1.82, 2.24) is 4.98 Å². The summed E-state index contributed by atoms with van der Waals surface area (Å²) in [5.74, 6) is -2.82. The van der Waals surface area contributed by atoms with Crippen molar-refractivity contribution in [3.8, 4) is 5.75 Å². The van der Waals surface area contributed by atoms with Crippen LogP contribution in [0.1, 0.15) is 28.6 Å². The van der Waals surface area contributed by atoms with Crippen molar-refractivity contribution in [1.29, 1.82) is 0 Å². The Labute approximate surface area is 169 Å². The third-order valence-corrected chi connectivity index (χ3v) is 4.28. The number of fused-ring (bicyclic) bond motifs is 1. The number of benzene rings is 1. The molecule has 0 unspecified atom stereocenters. The highest BCUT2D eigenvalue weighted by molar-refractivity contribution is 6.21. The number of anilines is 2. The van der Waals surface area contributed by atoms with E-state index in [4.69, 9.17) is 9.15 Å². The normalized spacial score (nSPS) is 13.5. The van der Waals surface area contributed by atoms with E-state index in [2.05, 4.69) is 15.3 Å². The van der Waals surface area contributed by atoms with Crippen LogP contribution in [0.15, 0.2) is 45.9 Å². The Morgan fingerprint density at radius 2 is 2.17 bits per heavy atom. The predicted octanol–water partition coefficient (Wildman–Crippen LogP) is 4.84. The minimum absolute atomic E-state index is 0.0515. The summed E-state index contributed by atoms with van der Waals surface area (Å²) in [6.45, 7) is 1.65. The van der Waals surface area contributed by atoms with Gasteiger partial charge in [0.25, 0.3) is 0 Å². The van der Waals surface area contributed by atoms with Crippen molar-refractivity contribution >= 4 is 41.2 Å². The molecule has 1 aromatic carbocycles. The predicted molar refractivity (Wildman–Crippen MR) is 106 cm³/mol. The number of aromatic hydroxyl groups is 1. The van der Waals surface area contributed by atoms with E-state index in [-0.39, 0.29) is 29.5 Å².